The van der Waals surface area contributed by atoms with Gasteiger partial charge in [-0.3, -0.25) is 0 Å². The van der Waals surface area contributed by atoms with E-state index in [0.717, 1.165) is 42.8 Å². The molecule has 22 heavy (non-hydrogen) atoms. The lowest BCUT2D eigenvalue weighted by atomic mass is 9.93. The second-order valence-electron chi connectivity index (χ2n) is 6.23. The fraction of sp³-hybridized carbons (Fsp3) is 0.421. The Morgan fingerprint density at radius 1 is 1.00 bits per heavy atom. The number of hydrogen-bond donors (Lipinski definition) is 0. The van der Waals surface area contributed by atoms with Gasteiger partial charge in [0.05, 0.1) is 0 Å². The minimum atomic E-state index is -0.482. The molecule has 1 heterocycles. The van der Waals surface area contributed by atoms with Gasteiger partial charge >= 0.3 is 0 Å². The van der Waals surface area contributed by atoms with Crippen LogP contribution in [-0.4, -0.2) is 30.7 Å². The Morgan fingerprint density at radius 3 is 2.41 bits per heavy atom. The van der Waals surface area contributed by atoms with Crippen LogP contribution < -0.4 is 0 Å². The maximum atomic E-state index is 6.31. The van der Waals surface area contributed by atoms with Crippen molar-refractivity contribution >= 4 is 12.0 Å². The van der Waals surface area contributed by atoms with Crippen molar-refractivity contribution < 1.29 is 14.0 Å². The zero-order valence-corrected chi connectivity index (χ0v) is 13.4. The maximum Gasteiger partial charge on any atom is 0.251 e. The van der Waals surface area contributed by atoms with E-state index in [9.17, 15) is 0 Å². The molecule has 0 bridgehead atoms. The number of benzene rings is 1. The summed E-state index contributed by atoms with van der Waals surface area (Å²) in [6.45, 7) is 0. The van der Waals surface area contributed by atoms with Crippen LogP contribution in [0.15, 0.2) is 48.2 Å². The first kappa shape index (κ1) is 14.9. The molecule has 0 N–H and O–H groups in total. The fourth-order valence-electron chi connectivity index (χ4n) is 2.97. The second-order valence-corrected chi connectivity index (χ2v) is 6.23. The van der Waals surface area contributed by atoms with E-state index < -0.39 is 5.79 Å². The van der Waals surface area contributed by atoms with Crippen LogP contribution in [0.25, 0.3) is 5.76 Å². The first-order valence-corrected chi connectivity index (χ1v) is 8.04. The molecule has 1 fully saturated rings. The van der Waals surface area contributed by atoms with Crippen LogP contribution in [-0.2, 0) is 9.47 Å². The highest BCUT2D eigenvalue weighted by Crippen LogP contribution is 2.41. The summed E-state index contributed by atoms with van der Waals surface area (Å²) >= 11 is 0. The first-order valence-electron chi connectivity index (χ1n) is 8.04. The molecule has 3 rings (SSSR count). The lowest BCUT2D eigenvalue weighted by molar-refractivity contribution is -0.458. The summed E-state index contributed by atoms with van der Waals surface area (Å²) in [6, 6.07) is 10.3. The Morgan fingerprint density at radius 2 is 1.73 bits per heavy atom. The Balaban J connectivity index is 1.96. The molecule has 1 aromatic carbocycles. The van der Waals surface area contributed by atoms with Crippen molar-refractivity contribution in [2.45, 2.75) is 37.9 Å². The maximum absolute atomic E-state index is 6.31. The topological polar surface area (TPSA) is 21.5 Å². The summed E-state index contributed by atoms with van der Waals surface area (Å²) in [4.78, 5) is 0. The van der Waals surface area contributed by atoms with Crippen molar-refractivity contribution in [3.05, 3.63) is 53.8 Å². The number of allylic oxidation sites excluding steroid dienone is 2. The minimum absolute atomic E-state index is 0.482. The Bertz CT molecular complexity index is 604. The van der Waals surface area contributed by atoms with E-state index in [0.29, 0.717) is 0 Å². The lowest BCUT2D eigenvalue weighted by Crippen LogP contribution is -2.39. The monoisotopic (exact) mass is 298 g/mol. The molecule has 1 aromatic rings. The molecule has 1 spiro atoms. The van der Waals surface area contributed by atoms with Crippen molar-refractivity contribution in [2.75, 3.05) is 14.1 Å². The van der Waals surface area contributed by atoms with E-state index in [2.05, 4.69) is 12.1 Å². The van der Waals surface area contributed by atoms with Gasteiger partial charge < -0.3 is 9.47 Å². The predicted molar refractivity (Wildman–Crippen MR) is 88.7 cm³/mol. The quantitative estimate of drug-likeness (QED) is 0.609. The highest BCUT2D eigenvalue weighted by atomic mass is 16.7. The smallest absolute Gasteiger partial charge is 0.251 e. The van der Waals surface area contributed by atoms with E-state index in [1.165, 1.54) is 6.42 Å². The van der Waals surface area contributed by atoms with Crippen molar-refractivity contribution in [3.63, 3.8) is 0 Å². The van der Waals surface area contributed by atoms with Crippen molar-refractivity contribution in [1.29, 1.82) is 0 Å². The molecule has 3 nitrogen and oxygen atoms in total. The Hall–Kier alpha value is -2.03. The molecule has 0 unspecified atom stereocenters. The van der Waals surface area contributed by atoms with Crippen LogP contribution in [0, 0.1) is 0 Å². The van der Waals surface area contributed by atoms with Gasteiger partial charge in [-0.25, -0.2) is 4.58 Å². The molecule has 1 aliphatic heterocycles. The molecule has 2 aliphatic rings. The average Bonchev–Trinajstić information content (AvgIpc) is 2.54. The highest BCUT2D eigenvalue weighted by Gasteiger charge is 2.40. The number of rotatable bonds is 2. The Labute approximate surface area is 132 Å². The van der Waals surface area contributed by atoms with Gasteiger partial charge in [0.25, 0.3) is 5.79 Å². The van der Waals surface area contributed by atoms with Gasteiger partial charge in [-0.15, -0.1) is 0 Å². The molecule has 3 heteroatoms. The summed E-state index contributed by atoms with van der Waals surface area (Å²) in [5.74, 6) is 1.30. The van der Waals surface area contributed by atoms with Crippen LogP contribution in [0.1, 0.15) is 37.7 Å². The first-order chi connectivity index (χ1) is 10.7. The van der Waals surface area contributed by atoms with Crippen LogP contribution in [0.3, 0.4) is 0 Å². The summed E-state index contributed by atoms with van der Waals surface area (Å²) in [7, 11) is 4.02. The number of hydrogen-bond acceptors (Lipinski definition) is 2. The molecular weight excluding hydrogens is 274 g/mol. The van der Waals surface area contributed by atoms with Crippen LogP contribution >= 0.6 is 0 Å². The molecule has 116 valence electrons. The molecule has 0 radical (unpaired) electrons. The normalized spacial score (nSPS) is 21.7. The van der Waals surface area contributed by atoms with Crippen LogP contribution in [0.5, 0.6) is 0 Å². The van der Waals surface area contributed by atoms with Crippen molar-refractivity contribution in [3.8, 4) is 0 Å². The molecule has 1 aliphatic carbocycles. The van der Waals surface area contributed by atoms with Crippen LogP contribution in [0.2, 0.25) is 0 Å². The van der Waals surface area contributed by atoms with Gasteiger partial charge in [-0.2, -0.15) is 0 Å². The van der Waals surface area contributed by atoms with Gasteiger partial charge in [0.15, 0.2) is 6.21 Å². The summed E-state index contributed by atoms with van der Waals surface area (Å²) in [6.07, 6.45) is 11.5. The van der Waals surface area contributed by atoms with Crippen LogP contribution in [0.4, 0.5) is 0 Å². The number of ether oxygens (including phenoxy) is 2. The third kappa shape index (κ3) is 3.41. The van der Waals surface area contributed by atoms with E-state index in [1.807, 2.05) is 55.2 Å². The summed E-state index contributed by atoms with van der Waals surface area (Å²) in [5.41, 5.74) is 1.10. The molecule has 0 saturated heterocycles. The highest BCUT2D eigenvalue weighted by molar-refractivity contribution is 5.71. The van der Waals surface area contributed by atoms with E-state index in [4.69, 9.17) is 9.47 Å². The SMILES string of the molecule is C[N+](C)=C/C=C1/C=C(c2ccccc2)OC2(CCCCC2)O1. The Kier molecular flexibility index (Phi) is 4.32. The van der Waals surface area contributed by atoms with Gasteiger partial charge in [0.2, 0.25) is 0 Å². The third-order valence-electron chi connectivity index (χ3n) is 4.08. The van der Waals surface area contributed by atoms with Gasteiger partial charge in [-0.05, 0) is 12.8 Å². The third-order valence-corrected chi connectivity index (χ3v) is 4.08. The minimum Gasteiger partial charge on any atom is -0.452 e. The fourth-order valence-corrected chi connectivity index (χ4v) is 2.97. The van der Waals surface area contributed by atoms with Crippen molar-refractivity contribution in [1.82, 2.24) is 0 Å². The molecular formula is C19H24NO2+. The van der Waals surface area contributed by atoms with Crippen molar-refractivity contribution in [2.24, 2.45) is 0 Å². The second kappa shape index (κ2) is 6.39. The summed E-state index contributed by atoms with van der Waals surface area (Å²) in [5, 5.41) is 0. The van der Waals surface area contributed by atoms with E-state index >= 15 is 0 Å². The van der Waals surface area contributed by atoms with Gasteiger partial charge in [0.1, 0.15) is 25.6 Å². The zero-order valence-electron chi connectivity index (χ0n) is 13.4. The van der Waals surface area contributed by atoms with Gasteiger partial charge in [0, 0.05) is 30.6 Å². The molecule has 1 saturated carbocycles. The lowest BCUT2D eigenvalue weighted by Gasteiger charge is -2.41. The predicted octanol–water partition coefficient (Wildman–Crippen LogP) is 3.96. The van der Waals surface area contributed by atoms with E-state index in [-0.39, 0.29) is 0 Å². The largest absolute Gasteiger partial charge is 0.452 e. The standard InChI is InChI=1S/C19H24NO2/c1-20(2)14-11-17-15-18(16-9-5-3-6-10-16)22-19(21-17)12-7-4-8-13-19/h3,5-6,9-11,14-15H,4,7-8,12-13H2,1-2H3/q+1/b17-11-. The van der Waals surface area contributed by atoms with E-state index in [1.54, 1.807) is 0 Å². The molecule has 0 aromatic heterocycles. The average molecular weight is 298 g/mol. The molecule has 0 atom stereocenters. The zero-order chi connectivity index (χ0) is 15.4. The van der Waals surface area contributed by atoms with Gasteiger partial charge in [-0.1, -0.05) is 36.8 Å². The number of nitrogens with zero attached hydrogens (tertiary/aromatic N) is 1. The summed E-state index contributed by atoms with van der Waals surface area (Å²) < 4.78 is 14.5. The molecule has 0 amide bonds.